The molecule has 0 aromatic carbocycles. The van der Waals surface area contributed by atoms with E-state index in [1.54, 1.807) is 6.92 Å². The largest absolute Gasteiger partial charge is 0.376 e. The first-order valence-electron chi connectivity index (χ1n) is 3.41. The zero-order chi connectivity index (χ0) is 9.30. The lowest BCUT2D eigenvalue weighted by Gasteiger charge is -2.10. The Kier molecular flexibility index (Phi) is 2.09. The Bertz CT molecular complexity index is 226. The molecule has 12 heavy (non-hydrogen) atoms. The molecule has 6 nitrogen and oxygen atoms in total. The van der Waals surface area contributed by atoms with E-state index in [0.29, 0.717) is 4.90 Å². The molecule has 6 heteroatoms. The minimum absolute atomic E-state index is 0.139. The summed E-state index contributed by atoms with van der Waals surface area (Å²) in [5.74, 6) is -1.85. The molecule has 1 aliphatic heterocycles. The maximum absolute atomic E-state index is 11.0. The summed E-state index contributed by atoms with van der Waals surface area (Å²) in [6.07, 6.45) is 0. The van der Waals surface area contributed by atoms with Gasteiger partial charge in [0, 0.05) is 6.54 Å². The van der Waals surface area contributed by atoms with E-state index in [0.717, 1.165) is 4.90 Å². The molecular weight excluding hydrogens is 164 g/mol. The van der Waals surface area contributed by atoms with E-state index in [-0.39, 0.29) is 6.54 Å². The van der Waals surface area contributed by atoms with E-state index < -0.39 is 24.6 Å². The molecule has 1 N–H and O–H groups in total. The minimum atomic E-state index is -0.968. The molecule has 0 atom stereocenters. The van der Waals surface area contributed by atoms with Gasteiger partial charge in [-0.2, -0.15) is 0 Å². The molecule has 0 spiro atoms. The predicted molar refractivity (Wildman–Crippen MR) is 36.7 cm³/mol. The van der Waals surface area contributed by atoms with Crippen LogP contribution in [0.4, 0.5) is 4.79 Å². The summed E-state index contributed by atoms with van der Waals surface area (Å²) in [6.45, 7) is 0.962. The van der Waals surface area contributed by atoms with E-state index in [1.165, 1.54) is 0 Å². The number of carbonyl (C=O) groups is 3. The number of likely N-dealkylation sites (N-methyl/N-ethyl adjacent to an activating group) is 1. The summed E-state index contributed by atoms with van der Waals surface area (Å²) >= 11 is 0. The molecule has 1 rings (SSSR count). The van der Waals surface area contributed by atoms with Crippen LogP contribution < -0.4 is 0 Å². The lowest BCUT2D eigenvalue weighted by atomic mass is 10.5. The molecule has 1 heterocycles. The highest BCUT2D eigenvalue weighted by Gasteiger charge is 2.42. The smallest absolute Gasteiger partial charge is 0.336 e. The summed E-state index contributed by atoms with van der Waals surface area (Å²) in [7, 11) is 0. The molecule has 0 radical (unpaired) electrons. The van der Waals surface area contributed by atoms with Gasteiger partial charge in [0.25, 0.3) is 0 Å². The second-order valence-corrected chi connectivity index (χ2v) is 2.21. The second-order valence-electron chi connectivity index (χ2n) is 2.21. The summed E-state index contributed by atoms with van der Waals surface area (Å²) in [6, 6.07) is -0.755. The summed E-state index contributed by atoms with van der Waals surface area (Å²) in [5.41, 5.74) is 0. The average molecular weight is 172 g/mol. The third-order valence-corrected chi connectivity index (χ3v) is 1.59. The number of urea groups is 1. The number of aliphatic hydroxyl groups excluding tert-OH is 1. The molecule has 0 unspecified atom stereocenters. The third-order valence-electron chi connectivity index (χ3n) is 1.59. The first-order chi connectivity index (χ1) is 5.63. The van der Waals surface area contributed by atoms with Crippen LogP contribution in [0.3, 0.4) is 0 Å². The zero-order valence-corrected chi connectivity index (χ0v) is 6.48. The Morgan fingerprint density at radius 2 is 1.67 bits per heavy atom. The van der Waals surface area contributed by atoms with Crippen LogP contribution in [0.1, 0.15) is 6.92 Å². The number of carbonyl (C=O) groups excluding carboxylic acids is 3. The maximum Gasteiger partial charge on any atom is 0.336 e. The first kappa shape index (κ1) is 8.66. The molecule has 1 fully saturated rings. The van der Waals surface area contributed by atoms with Gasteiger partial charge in [-0.05, 0) is 6.92 Å². The second kappa shape index (κ2) is 2.90. The van der Waals surface area contributed by atoms with Gasteiger partial charge in [-0.25, -0.2) is 9.69 Å². The number of amides is 4. The summed E-state index contributed by atoms with van der Waals surface area (Å²) in [4.78, 5) is 34.1. The lowest BCUT2D eigenvalue weighted by Crippen LogP contribution is -2.33. The van der Waals surface area contributed by atoms with Gasteiger partial charge in [0.05, 0.1) is 0 Å². The van der Waals surface area contributed by atoms with Crippen LogP contribution >= 0.6 is 0 Å². The van der Waals surface area contributed by atoms with Crippen molar-refractivity contribution in [3.63, 3.8) is 0 Å². The van der Waals surface area contributed by atoms with Gasteiger partial charge < -0.3 is 5.11 Å². The normalized spacial score (nSPS) is 18.0. The number of hydrogen-bond acceptors (Lipinski definition) is 4. The van der Waals surface area contributed by atoms with Gasteiger partial charge in [0.2, 0.25) is 0 Å². The molecule has 1 aliphatic rings. The van der Waals surface area contributed by atoms with Crippen molar-refractivity contribution in [2.24, 2.45) is 0 Å². The molecule has 0 aromatic rings. The molecule has 0 aromatic heterocycles. The highest BCUT2D eigenvalue weighted by atomic mass is 16.3. The Morgan fingerprint density at radius 1 is 1.17 bits per heavy atom. The van der Waals surface area contributed by atoms with Gasteiger partial charge >= 0.3 is 17.8 Å². The fourth-order valence-electron chi connectivity index (χ4n) is 0.954. The van der Waals surface area contributed by atoms with E-state index in [9.17, 15) is 14.4 Å². The Morgan fingerprint density at radius 3 is 1.92 bits per heavy atom. The number of hydrogen-bond donors (Lipinski definition) is 1. The first-order valence-corrected chi connectivity index (χ1v) is 3.41. The van der Waals surface area contributed by atoms with Crippen LogP contribution in [0.2, 0.25) is 0 Å². The number of imide groups is 2. The Hall–Kier alpha value is -1.43. The van der Waals surface area contributed by atoms with Crippen molar-refractivity contribution in [1.82, 2.24) is 9.80 Å². The number of aliphatic hydroxyl groups is 1. The van der Waals surface area contributed by atoms with Crippen molar-refractivity contribution >= 4 is 17.8 Å². The predicted octanol–water partition coefficient (Wildman–Crippen LogP) is -1.25. The Balaban J connectivity index is 2.93. The Labute approximate surface area is 68.4 Å². The SMILES string of the molecule is CCN1C(=O)C(=O)N(CO)C1=O. The van der Waals surface area contributed by atoms with Crippen molar-refractivity contribution in [1.29, 1.82) is 0 Å². The van der Waals surface area contributed by atoms with Crippen LogP contribution in [0.25, 0.3) is 0 Å². The standard InChI is InChI=1S/C6H8N2O4/c1-2-7-4(10)5(11)8(3-9)6(7)12/h9H,2-3H2,1H3. The minimum Gasteiger partial charge on any atom is -0.376 e. The third kappa shape index (κ3) is 0.964. The topological polar surface area (TPSA) is 77.9 Å². The van der Waals surface area contributed by atoms with Gasteiger partial charge in [-0.15, -0.1) is 0 Å². The average Bonchev–Trinajstić information content (AvgIpc) is 2.25. The highest BCUT2D eigenvalue weighted by Crippen LogP contribution is 2.09. The molecule has 0 bridgehead atoms. The lowest BCUT2D eigenvalue weighted by molar-refractivity contribution is -0.144. The fraction of sp³-hybridized carbons (Fsp3) is 0.500. The van der Waals surface area contributed by atoms with E-state index in [1.807, 2.05) is 0 Å². The zero-order valence-electron chi connectivity index (χ0n) is 6.48. The molecule has 0 aliphatic carbocycles. The molecule has 66 valence electrons. The monoisotopic (exact) mass is 172 g/mol. The maximum atomic E-state index is 11.0. The van der Waals surface area contributed by atoms with Gasteiger partial charge in [0.1, 0.15) is 6.73 Å². The van der Waals surface area contributed by atoms with Crippen LogP contribution in [0.5, 0.6) is 0 Å². The highest BCUT2D eigenvalue weighted by molar-refractivity contribution is 6.44. The summed E-state index contributed by atoms with van der Waals surface area (Å²) < 4.78 is 0. The van der Waals surface area contributed by atoms with Crippen molar-refractivity contribution in [2.45, 2.75) is 6.92 Å². The molecule has 4 amide bonds. The van der Waals surface area contributed by atoms with Gasteiger partial charge in [0.15, 0.2) is 0 Å². The number of rotatable bonds is 2. The summed E-state index contributed by atoms with van der Waals surface area (Å²) in [5, 5.41) is 8.54. The van der Waals surface area contributed by atoms with Gasteiger partial charge in [-0.1, -0.05) is 0 Å². The van der Waals surface area contributed by atoms with Crippen molar-refractivity contribution in [3.8, 4) is 0 Å². The van der Waals surface area contributed by atoms with Crippen LogP contribution in [0, 0.1) is 0 Å². The van der Waals surface area contributed by atoms with Crippen LogP contribution in [-0.4, -0.2) is 46.0 Å². The molecule has 0 saturated carbocycles. The van der Waals surface area contributed by atoms with Gasteiger partial charge in [-0.3, -0.25) is 14.5 Å². The van der Waals surface area contributed by atoms with Crippen molar-refractivity contribution in [3.05, 3.63) is 0 Å². The van der Waals surface area contributed by atoms with E-state index >= 15 is 0 Å². The fourth-order valence-corrected chi connectivity index (χ4v) is 0.954. The number of nitrogens with zero attached hydrogens (tertiary/aromatic N) is 2. The molecular formula is C6H8N2O4. The molecule has 1 saturated heterocycles. The van der Waals surface area contributed by atoms with E-state index in [4.69, 9.17) is 5.11 Å². The van der Waals surface area contributed by atoms with Crippen molar-refractivity contribution < 1.29 is 19.5 Å². The quantitative estimate of drug-likeness (QED) is 0.417. The van der Waals surface area contributed by atoms with Crippen molar-refractivity contribution in [2.75, 3.05) is 13.3 Å². The van der Waals surface area contributed by atoms with E-state index in [2.05, 4.69) is 0 Å². The van der Waals surface area contributed by atoms with Crippen LogP contribution in [-0.2, 0) is 9.59 Å². The van der Waals surface area contributed by atoms with Crippen LogP contribution in [0.15, 0.2) is 0 Å².